The molecule has 2 amide bonds. The van der Waals surface area contributed by atoms with Gasteiger partial charge in [-0.25, -0.2) is 14.8 Å². The fourth-order valence-corrected chi connectivity index (χ4v) is 5.55. The van der Waals surface area contributed by atoms with Crippen LogP contribution < -0.4 is 20.1 Å². The van der Waals surface area contributed by atoms with Crippen molar-refractivity contribution < 1.29 is 19.0 Å². The van der Waals surface area contributed by atoms with Crippen molar-refractivity contribution in [1.29, 1.82) is 0 Å². The smallest absolute Gasteiger partial charge is 0.320 e. The first-order valence-electron chi connectivity index (χ1n) is 12.7. The number of hydrogen-bond acceptors (Lipinski definition) is 9. The third-order valence-electron chi connectivity index (χ3n) is 6.11. The lowest BCUT2D eigenvalue weighted by molar-refractivity contribution is 0.0899. The molecule has 4 rings (SSSR count). The molecule has 0 aliphatic rings. The molecule has 0 saturated heterocycles. The molecule has 0 aliphatic heterocycles. The number of anilines is 1. The Bertz CT molecular complexity index is 1450. The summed E-state index contributed by atoms with van der Waals surface area (Å²) in [6, 6.07) is 4.46. The number of methoxy groups -OCH3 is 2. The number of thiazole rings is 1. The molecule has 4 aromatic rings. The van der Waals surface area contributed by atoms with Gasteiger partial charge in [0.25, 0.3) is 0 Å². The summed E-state index contributed by atoms with van der Waals surface area (Å²) in [6.07, 6.45) is 1.97. The summed E-state index contributed by atoms with van der Waals surface area (Å²) >= 11 is 1.46. The average Bonchev–Trinajstić information content (AvgIpc) is 3.49. The van der Waals surface area contributed by atoms with E-state index < -0.39 is 8.07 Å². The Morgan fingerprint density at radius 1 is 1.15 bits per heavy atom. The number of likely N-dealkylation sites (N-methyl/N-ethyl adjacent to an activating group) is 1. The molecule has 0 atom stereocenters. The van der Waals surface area contributed by atoms with Crippen LogP contribution in [0.2, 0.25) is 25.7 Å². The van der Waals surface area contributed by atoms with Crippen molar-refractivity contribution in [2.45, 2.75) is 32.4 Å². The molecule has 4 heterocycles. The average molecular weight is 572 g/mol. The van der Waals surface area contributed by atoms with E-state index in [2.05, 4.69) is 40.2 Å². The fourth-order valence-electron chi connectivity index (χ4n) is 4.04. The highest BCUT2D eigenvalue weighted by atomic mass is 32.1. The van der Waals surface area contributed by atoms with E-state index in [0.717, 1.165) is 28.2 Å². The van der Waals surface area contributed by atoms with E-state index in [0.29, 0.717) is 54.2 Å². The molecule has 0 spiro atoms. The van der Waals surface area contributed by atoms with Gasteiger partial charge in [0.2, 0.25) is 5.88 Å². The van der Waals surface area contributed by atoms with Crippen LogP contribution in [0.15, 0.2) is 23.8 Å². The summed E-state index contributed by atoms with van der Waals surface area (Å²) in [6.45, 7) is 9.21. The van der Waals surface area contributed by atoms with Gasteiger partial charge in [-0.05, 0) is 32.3 Å². The topological polar surface area (TPSA) is 116 Å². The minimum Gasteiger partial charge on any atom is -0.494 e. The lowest BCUT2D eigenvalue weighted by Crippen LogP contribution is -2.34. The van der Waals surface area contributed by atoms with Gasteiger partial charge < -0.3 is 29.0 Å². The van der Waals surface area contributed by atoms with Crippen LogP contribution in [0, 0.1) is 0 Å². The number of rotatable bonds is 12. The van der Waals surface area contributed by atoms with Crippen LogP contribution in [-0.4, -0.2) is 86.5 Å². The van der Waals surface area contributed by atoms with E-state index in [9.17, 15) is 4.79 Å². The summed E-state index contributed by atoms with van der Waals surface area (Å²) in [5, 5.41) is 6.54. The summed E-state index contributed by atoms with van der Waals surface area (Å²) in [5.41, 5.74) is 4.52. The summed E-state index contributed by atoms with van der Waals surface area (Å²) in [5.74, 6) is 1.49. The molecule has 39 heavy (non-hydrogen) atoms. The van der Waals surface area contributed by atoms with Gasteiger partial charge >= 0.3 is 6.03 Å². The number of carbonyl (C=O) groups is 1. The maximum absolute atomic E-state index is 12.5. The standard InChI is InChI=1S/C26H37N7O4SSi/c1-32(2)11-10-27-26(34)30-19-9-8-17-18(14-33(24(17)29-19)16-37-12-13-39(5,6)7)20-21(35-3)22-23(28-15-38-22)31-25(20)36-4/h8-9,14-15H,10-13,16H2,1-7H3,(H2,27,29,30,34). The van der Waals surface area contributed by atoms with Crippen LogP contribution in [0.25, 0.3) is 32.5 Å². The van der Waals surface area contributed by atoms with E-state index in [4.69, 9.17) is 19.2 Å². The highest BCUT2D eigenvalue weighted by Crippen LogP contribution is 2.46. The van der Waals surface area contributed by atoms with Crippen molar-refractivity contribution in [2.75, 3.05) is 53.3 Å². The molecular formula is C26H37N7O4SSi. The number of aromatic nitrogens is 4. The number of urea groups is 1. The van der Waals surface area contributed by atoms with Gasteiger partial charge in [0.05, 0.1) is 25.3 Å². The second-order valence-electron chi connectivity index (χ2n) is 10.6. The van der Waals surface area contributed by atoms with Crippen LogP contribution in [0.3, 0.4) is 0 Å². The summed E-state index contributed by atoms with van der Waals surface area (Å²) in [4.78, 5) is 28.2. The minimum atomic E-state index is -1.24. The predicted molar refractivity (Wildman–Crippen MR) is 159 cm³/mol. The van der Waals surface area contributed by atoms with Gasteiger partial charge in [-0.1, -0.05) is 19.6 Å². The van der Waals surface area contributed by atoms with Gasteiger partial charge in [-0.3, -0.25) is 5.32 Å². The number of amides is 2. The lowest BCUT2D eigenvalue weighted by atomic mass is 10.1. The normalized spacial score (nSPS) is 11.9. The van der Waals surface area contributed by atoms with Crippen LogP contribution in [0.4, 0.5) is 10.6 Å². The number of nitrogens with one attached hydrogen (secondary N) is 2. The Kier molecular flexibility index (Phi) is 9.05. The number of carbonyl (C=O) groups excluding carboxylic acids is 1. The molecule has 13 heteroatoms. The minimum absolute atomic E-state index is 0.309. The van der Waals surface area contributed by atoms with E-state index in [1.54, 1.807) is 25.8 Å². The van der Waals surface area contributed by atoms with Crippen LogP contribution in [0.5, 0.6) is 11.6 Å². The monoisotopic (exact) mass is 571 g/mol. The third kappa shape index (κ3) is 6.85. The zero-order chi connectivity index (χ0) is 28.2. The maximum Gasteiger partial charge on any atom is 0.320 e. The first-order valence-corrected chi connectivity index (χ1v) is 17.3. The molecule has 0 aliphatic carbocycles. The number of ether oxygens (including phenoxy) is 3. The Morgan fingerprint density at radius 2 is 1.95 bits per heavy atom. The molecule has 0 bridgehead atoms. The lowest BCUT2D eigenvalue weighted by Gasteiger charge is -2.15. The van der Waals surface area contributed by atoms with E-state index in [1.165, 1.54) is 11.3 Å². The number of hydrogen-bond donors (Lipinski definition) is 2. The number of pyridine rings is 2. The molecule has 0 fully saturated rings. The van der Waals surface area contributed by atoms with Crippen molar-refractivity contribution in [2.24, 2.45) is 0 Å². The van der Waals surface area contributed by atoms with Gasteiger partial charge in [0.1, 0.15) is 22.9 Å². The van der Waals surface area contributed by atoms with Gasteiger partial charge in [-0.2, -0.15) is 4.98 Å². The van der Waals surface area contributed by atoms with Crippen molar-refractivity contribution in [1.82, 2.24) is 29.7 Å². The Labute approximate surface area is 233 Å². The van der Waals surface area contributed by atoms with Crippen LogP contribution in [-0.2, 0) is 11.5 Å². The second-order valence-corrected chi connectivity index (χ2v) is 17.1. The zero-order valence-corrected chi connectivity index (χ0v) is 25.4. The van der Waals surface area contributed by atoms with Gasteiger partial charge in [0, 0.05) is 44.9 Å². The summed E-state index contributed by atoms with van der Waals surface area (Å²) < 4.78 is 20.4. The zero-order valence-electron chi connectivity index (χ0n) is 23.6. The number of nitrogens with zero attached hydrogens (tertiary/aromatic N) is 5. The Morgan fingerprint density at radius 3 is 2.64 bits per heavy atom. The fraction of sp³-hybridized carbons (Fsp3) is 0.462. The van der Waals surface area contributed by atoms with Gasteiger partial charge in [-0.15, -0.1) is 11.3 Å². The van der Waals surface area contributed by atoms with Crippen molar-refractivity contribution >= 4 is 52.6 Å². The van der Waals surface area contributed by atoms with Crippen molar-refractivity contribution in [3.63, 3.8) is 0 Å². The highest BCUT2D eigenvalue weighted by molar-refractivity contribution is 7.17. The quantitative estimate of drug-likeness (QED) is 0.185. The molecular weight excluding hydrogens is 534 g/mol. The molecule has 0 radical (unpaired) electrons. The number of fused-ring (bicyclic) bond motifs is 2. The SMILES string of the molecule is COc1nc2ncsc2c(OC)c1-c1cn(COCC[Si](C)(C)C)c2nc(NC(=O)NCCN(C)C)ccc12. The van der Waals surface area contributed by atoms with Crippen LogP contribution >= 0.6 is 11.3 Å². The van der Waals surface area contributed by atoms with Crippen molar-refractivity contribution in [3.05, 3.63) is 23.8 Å². The maximum atomic E-state index is 12.5. The molecule has 0 unspecified atom stereocenters. The molecule has 11 nitrogen and oxygen atoms in total. The third-order valence-corrected chi connectivity index (χ3v) is 8.62. The predicted octanol–water partition coefficient (Wildman–Crippen LogP) is 4.72. The molecule has 0 aromatic carbocycles. The second kappa shape index (κ2) is 12.3. The van der Waals surface area contributed by atoms with E-state index in [1.807, 2.05) is 35.8 Å². The van der Waals surface area contributed by atoms with Crippen molar-refractivity contribution in [3.8, 4) is 22.8 Å². The molecule has 210 valence electrons. The first kappa shape index (κ1) is 28.7. The van der Waals surface area contributed by atoms with E-state index >= 15 is 0 Å². The Hall–Kier alpha value is -3.26. The Balaban J connectivity index is 1.74. The summed E-state index contributed by atoms with van der Waals surface area (Å²) in [7, 11) is 5.89. The highest BCUT2D eigenvalue weighted by Gasteiger charge is 2.24. The van der Waals surface area contributed by atoms with Crippen LogP contribution in [0.1, 0.15) is 0 Å². The molecule has 2 N–H and O–H groups in total. The largest absolute Gasteiger partial charge is 0.494 e. The van der Waals surface area contributed by atoms with Gasteiger partial charge in [0.15, 0.2) is 11.4 Å². The molecule has 0 saturated carbocycles. The first-order chi connectivity index (χ1) is 18.6. The van der Waals surface area contributed by atoms with E-state index in [-0.39, 0.29) is 6.03 Å². The molecule has 4 aromatic heterocycles.